The molecule has 0 atom stereocenters. The molecule has 0 aromatic heterocycles. The molecule has 0 amide bonds. The summed E-state index contributed by atoms with van der Waals surface area (Å²) in [5, 5.41) is -0.167. The van der Waals surface area contributed by atoms with E-state index in [2.05, 4.69) is 0 Å². The van der Waals surface area contributed by atoms with E-state index in [0.717, 1.165) is 50.5 Å². The van der Waals surface area contributed by atoms with Gasteiger partial charge in [0.05, 0.1) is 10.1 Å². The molecular weight excluding hydrogens is 270 g/mol. The first-order valence-electron chi connectivity index (χ1n) is 7.64. The lowest BCUT2D eigenvalue weighted by atomic mass is 9.79. The Hall–Kier alpha value is -0.870. The molecule has 3 nitrogen and oxygen atoms in total. The van der Waals surface area contributed by atoms with Gasteiger partial charge in [-0.2, -0.15) is 0 Å². The van der Waals surface area contributed by atoms with E-state index in [1.165, 1.54) is 0 Å². The van der Waals surface area contributed by atoms with Crippen LogP contribution >= 0.6 is 0 Å². The fourth-order valence-electron chi connectivity index (χ4n) is 3.65. The summed E-state index contributed by atoms with van der Waals surface area (Å²) in [7, 11) is -3.17. The van der Waals surface area contributed by atoms with Gasteiger partial charge in [0, 0.05) is 12.0 Å². The van der Waals surface area contributed by atoms with Crippen LogP contribution < -0.4 is 5.73 Å². The Morgan fingerprint density at radius 1 is 1.10 bits per heavy atom. The second kappa shape index (κ2) is 5.15. The molecule has 2 N–H and O–H groups in total. The van der Waals surface area contributed by atoms with Gasteiger partial charge in [-0.3, -0.25) is 0 Å². The maximum absolute atomic E-state index is 12.8. The first-order chi connectivity index (χ1) is 9.60. The summed E-state index contributed by atoms with van der Waals surface area (Å²) in [6, 6.07) is 7.57. The highest BCUT2D eigenvalue weighted by atomic mass is 32.2. The second-order valence-corrected chi connectivity index (χ2v) is 8.48. The van der Waals surface area contributed by atoms with Gasteiger partial charge in [0.15, 0.2) is 9.84 Å². The van der Waals surface area contributed by atoms with Gasteiger partial charge in [0.1, 0.15) is 0 Å². The molecule has 0 unspecified atom stereocenters. The van der Waals surface area contributed by atoms with Crippen molar-refractivity contribution in [2.45, 2.75) is 60.5 Å². The first-order valence-corrected chi connectivity index (χ1v) is 9.18. The van der Waals surface area contributed by atoms with E-state index in [0.29, 0.717) is 11.4 Å². The predicted molar refractivity (Wildman–Crippen MR) is 80.5 cm³/mol. The molecule has 2 aliphatic rings. The van der Waals surface area contributed by atoms with Crippen molar-refractivity contribution in [3.8, 4) is 0 Å². The number of benzene rings is 1. The van der Waals surface area contributed by atoms with Crippen molar-refractivity contribution in [2.24, 2.45) is 5.73 Å². The van der Waals surface area contributed by atoms with E-state index in [1.807, 2.05) is 18.2 Å². The average Bonchev–Trinajstić information content (AvgIpc) is 2.86. The van der Waals surface area contributed by atoms with Crippen molar-refractivity contribution < 1.29 is 8.42 Å². The van der Waals surface area contributed by atoms with E-state index in [4.69, 9.17) is 5.73 Å². The molecule has 20 heavy (non-hydrogen) atoms. The third-order valence-electron chi connectivity index (χ3n) is 5.21. The fourth-order valence-corrected chi connectivity index (χ4v) is 5.82. The summed E-state index contributed by atoms with van der Waals surface area (Å²) in [4.78, 5) is 0.553. The zero-order valence-corrected chi connectivity index (χ0v) is 12.7. The van der Waals surface area contributed by atoms with Crippen molar-refractivity contribution >= 4 is 9.84 Å². The Labute approximate surface area is 121 Å². The number of hydrogen-bond acceptors (Lipinski definition) is 3. The van der Waals surface area contributed by atoms with Gasteiger partial charge in [0.25, 0.3) is 0 Å². The molecule has 0 saturated heterocycles. The monoisotopic (exact) mass is 293 g/mol. The molecule has 2 saturated carbocycles. The molecule has 0 bridgehead atoms. The van der Waals surface area contributed by atoms with Crippen molar-refractivity contribution in [1.82, 2.24) is 0 Å². The van der Waals surface area contributed by atoms with Crippen LogP contribution in [-0.2, 0) is 15.3 Å². The number of sulfone groups is 1. The quantitative estimate of drug-likeness (QED) is 0.928. The normalized spacial score (nSPS) is 22.6. The van der Waals surface area contributed by atoms with Crippen molar-refractivity contribution in [2.75, 3.05) is 6.54 Å². The molecule has 3 rings (SSSR count). The highest BCUT2D eigenvalue weighted by Gasteiger charge is 2.41. The molecule has 1 aromatic rings. The third kappa shape index (κ3) is 2.09. The minimum Gasteiger partial charge on any atom is -0.330 e. The fraction of sp³-hybridized carbons (Fsp3) is 0.625. The van der Waals surface area contributed by atoms with E-state index in [1.54, 1.807) is 6.07 Å². The lowest BCUT2D eigenvalue weighted by Crippen LogP contribution is -2.36. The van der Waals surface area contributed by atoms with Gasteiger partial charge in [-0.25, -0.2) is 8.42 Å². The summed E-state index contributed by atoms with van der Waals surface area (Å²) >= 11 is 0. The number of hydrogen-bond donors (Lipinski definition) is 1. The second-order valence-electron chi connectivity index (χ2n) is 6.29. The van der Waals surface area contributed by atoms with Gasteiger partial charge in [-0.05, 0) is 37.3 Å². The van der Waals surface area contributed by atoms with Crippen LogP contribution in [0.1, 0.15) is 50.5 Å². The smallest absolute Gasteiger partial charge is 0.181 e. The van der Waals surface area contributed by atoms with Crippen LogP contribution in [-0.4, -0.2) is 20.2 Å². The SMILES string of the molecule is NCC1(c2ccccc2S(=O)(=O)C2CCC2)CCCC1. The zero-order valence-electron chi connectivity index (χ0n) is 11.8. The van der Waals surface area contributed by atoms with Crippen LogP contribution in [0.3, 0.4) is 0 Å². The molecule has 1 aromatic carbocycles. The van der Waals surface area contributed by atoms with E-state index in [-0.39, 0.29) is 10.7 Å². The Kier molecular flexibility index (Phi) is 3.63. The van der Waals surface area contributed by atoms with Crippen molar-refractivity contribution in [3.05, 3.63) is 29.8 Å². The summed E-state index contributed by atoms with van der Waals surface area (Å²) in [6.45, 7) is 0.546. The lowest BCUT2D eigenvalue weighted by Gasteiger charge is -2.32. The summed E-state index contributed by atoms with van der Waals surface area (Å²) < 4.78 is 25.6. The number of rotatable bonds is 4. The van der Waals surface area contributed by atoms with Crippen LogP contribution in [0.25, 0.3) is 0 Å². The van der Waals surface area contributed by atoms with Crippen molar-refractivity contribution in [3.63, 3.8) is 0 Å². The Morgan fingerprint density at radius 2 is 1.75 bits per heavy atom. The molecule has 4 heteroatoms. The molecule has 0 heterocycles. The molecule has 0 aliphatic heterocycles. The van der Waals surface area contributed by atoms with Crippen LogP contribution in [0.5, 0.6) is 0 Å². The van der Waals surface area contributed by atoms with E-state index >= 15 is 0 Å². The van der Waals surface area contributed by atoms with Crippen LogP contribution in [0.15, 0.2) is 29.2 Å². The van der Waals surface area contributed by atoms with Gasteiger partial charge in [0.2, 0.25) is 0 Å². The zero-order chi connectivity index (χ0) is 14.2. The van der Waals surface area contributed by atoms with Crippen molar-refractivity contribution in [1.29, 1.82) is 0 Å². The summed E-state index contributed by atoms with van der Waals surface area (Å²) in [6.07, 6.45) is 6.98. The molecule has 0 spiro atoms. The minimum absolute atomic E-state index is 0.118. The highest BCUT2D eigenvalue weighted by Crippen LogP contribution is 2.44. The van der Waals surface area contributed by atoms with Gasteiger partial charge >= 0.3 is 0 Å². The van der Waals surface area contributed by atoms with E-state index < -0.39 is 9.84 Å². The molecule has 2 fully saturated rings. The topological polar surface area (TPSA) is 60.2 Å². The molecular formula is C16H23NO2S. The summed E-state index contributed by atoms with van der Waals surface area (Å²) in [5.41, 5.74) is 6.90. The van der Waals surface area contributed by atoms with Gasteiger partial charge in [-0.15, -0.1) is 0 Å². The van der Waals surface area contributed by atoms with Crippen LogP contribution in [0, 0.1) is 0 Å². The minimum atomic E-state index is -3.17. The first kappa shape index (κ1) is 14.1. The Balaban J connectivity index is 2.09. The number of nitrogens with two attached hydrogens (primary N) is 1. The standard InChI is InChI=1S/C16H23NO2S/c17-12-16(10-3-4-11-16)14-8-1-2-9-15(14)20(18,19)13-6-5-7-13/h1-2,8-9,13H,3-7,10-12,17H2. The van der Waals surface area contributed by atoms with Crippen LogP contribution in [0.4, 0.5) is 0 Å². The summed E-state index contributed by atoms with van der Waals surface area (Å²) in [5.74, 6) is 0. The predicted octanol–water partition coefficient (Wildman–Crippen LogP) is 2.78. The molecule has 110 valence electrons. The largest absolute Gasteiger partial charge is 0.330 e. The maximum atomic E-state index is 12.8. The maximum Gasteiger partial charge on any atom is 0.181 e. The highest BCUT2D eigenvalue weighted by molar-refractivity contribution is 7.92. The Bertz CT molecular complexity index is 584. The molecule has 2 aliphatic carbocycles. The lowest BCUT2D eigenvalue weighted by molar-refractivity contribution is 0.438. The average molecular weight is 293 g/mol. The van der Waals surface area contributed by atoms with Gasteiger partial charge < -0.3 is 5.73 Å². The molecule has 0 radical (unpaired) electrons. The van der Waals surface area contributed by atoms with Crippen LogP contribution in [0.2, 0.25) is 0 Å². The van der Waals surface area contributed by atoms with Gasteiger partial charge in [-0.1, -0.05) is 37.5 Å². The Morgan fingerprint density at radius 3 is 2.30 bits per heavy atom. The third-order valence-corrected chi connectivity index (χ3v) is 7.53. The van der Waals surface area contributed by atoms with E-state index in [9.17, 15) is 8.42 Å².